The highest BCUT2D eigenvalue weighted by atomic mass is 32.2. The molecule has 2 nitrogen and oxygen atoms in total. The van der Waals surface area contributed by atoms with E-state index in [9.17, 15) is 18.3 Å². The second kappa shape index (κ2) is 6.83. The van der Waals surface area contributed by atoms with Gasteiger partial charge in [-0.05, 0) is 18.4 Å². The van der Waals surface area contributed by atoms with Gasteiger partial charge in [-0.3, -0.25) is 5.32 Å². The van der Waals surface area contributed by atoms with Crippen molar-refractivity contribution in [2.45, 2.75) is 36.4 Å². The third-order valence-electron chi connectivity index (χ3n) is 3.14. The van der Waals surface area contributed by atoms with Gasteiger partial charge in [-0.25, -0.2) is 0 Å². The number of benzene rings is 1. The highest BCUT2D eigenvalue weighted by Gasteiger charge is 2.41. The Morgan fingerprint density at radius 1 is 1.25 bits per heavy atom. The average molecular weight is 305 g/mol. The Labute approximate surface area is 120 Å². The molecule has 1 fully saturated rings. The van der Waals surface area contributed by atoms with Crippen molar-refractivity contribution in [1.29, 1.82) is 0 Å². The number of hydrogen-bond donors (Lipinski definition) is 2. The monoisotopic (exact) mass is 305 g/mol. The van der Waals surface area contributed by atoms with Crippen molar-refractivity contribution in [2.24, 2.45) is 0 Å². The molecule has 0 heterocycles. The largest absolute Gasteiger partial charge is 0.407 e. The minimum atomic E-state index is -4.38. The predicted molar refractivity (Wildman–Crippen MR) is 74.7 cm³/mol. The summed E-state index contributed by atoms with van der Waals surface area (Å²) < 4.78 is 39.5. The van der Waals surface area contributed by atoms with Gasteiger partial charge in [-0.2, -0.15) is 24.9 Å². The molecule has 0 amide bonds. The second-order valence-corrected chi connectivity index (χ2v) is 6.30. The number of hydrogen-bond acceptors (Lipinski definition) is 3. The van der Waals surface area contributed by atoms with Gasteiger partial charge >= 0.3 is 6.18 Å². The molecular formula is C14H18F3NOS. The number of nitrogens with one attached hydrogen (secondary N) is 1. The maximum Gasteiger partial charge on any atom is 0.407 e. The van der Waals surface area contributed by atoms with Crippen LogP contribution in [0.5, 0.6) is 0 Å². The van der Waals surface area contributed by atoms with E-state index < -0.39 is 18.3 Å². The molecule has 1 aliphatic carbocycles. The van der Waals surface area contributed by atoms with Crippen LogP contribution in [0.1, 0.15) is 24.4 Å². The fourth-order valence-corrected chi connectivity index (χ4v) is 3.08. The normalized spacial score (nSPS) is 18.8. The molecule has 2 N–H and O–H groups in total. The molecule has 0 bridgehead atoms. The summed E-state index contributed by atoms with van der Waals surface area (Å²) in [6.45, 7) is -0.293. The van der Waals surface area contributed by atoms with Crippen molar-refractivity contribution in [3.8, 4) is 0 Å². The third-order valence-corrected chi connectivity index (χ3v) is 4.68. The lowest BCUT2D eigenvalue weighted by Crippen LogP contribution is -2.43. The SMILES string of the molecule is OC[C@H](CSC1CC1)N[C@H](c1ccccc1)C(F)(F)F. The first-order chi connectivity index (χ1) is 9.50. The van der Waals surface area contributed by atoms with E-state index in [1.165, 1.54) is 12.1 Å². The van der Waals surface area contributed by atoms with Crippen LogP contribution in [-0.2, 0) is 0 Å². The van der Waals surface area contributed by atoms with Crippen molar-refractivity contribution >= 4 is 11.8 Å². The van der Waals surface area contributed by atoms with E-state index in [0.717, 1.165) is 12.8 Å². The van der Waals surface area contributed by atoms with Crippen LogP contribution >= 0.6 is 11.8 Å². The van der Waals surface area contributed by atoms with Crippen LogP contribution in [0.25, 0.3) is 0 Å². The first-order valence-electron chi connectivity index (χ1n) is 6.61. The lowest BCUT2D eigenvalue weighted by molar-refractivity contribution is -0.159. The zero-order valence-corrected chi connectivity index (χ0v) is 11.8. The van der Waals surface area contributed by atoms with Gasteiger partial charge in [0, 0.05) is 17.0 Å². The van der Waals surface area contributed by atoms with Crippen LogP contribution in [-0.4, -0.2) is 34.9 Å². The van der Waals surface area contributed by atoms with Crippen LogP contribution in [0.4, 0.5) is 13.2 Å². The summed E-state index contributed by atoms with van der Waals surface area (Å²) in [7, 11) is 0. The van der Waals surface area contributed by atoms with Crippen LogP contribution in [0.3, 0.4) is 0 Å². The summed E-state index contributed by atoms with van der Waals surface area (Å²) in [6.07, 6.45) is -2.12. The van der Waals surface area contributed by atoms with Gasteiger partial charge in [-0.1, -0.05) is 30.3 Å². The smallest absolute Gasteiger partial charge is 0.395 e. The van der Waals surface area contributed by atoms with E-state index in [-0.39, 0.29) is 12.2 Å². The molecule has 1 aromatic rings. The first-order valence-corrected chi connectivity index (χ1v) is 7.65. The van der Waals surface area contributed by atoms with E-state index in [1.807, 2.05) is 0 Å². The molecule has 0 saturated heterocycles. The molecular weight excluding hydrogens is 287 g/mol. The molecule has 1 saturated carbocycles. The molecule has 20 heavy (non-hydrogen) atoms. The first kappa shape index (κ1) is 15.7. The predicted octanol–water partition coefficient (Wildman–Crippen LogP) is 3.14. The highest BCUT2D eigenvalue weighted by Crippen LogP contribution is 2.36. The highest BCUT2D eigenvalue weighted by molar-refractivity contribution is 8.00. The summed E-state index contributed by atoms with van der Waals surface area (Å²) in [4.78, 5) is 0. The van der Waals surface area contributed by atoms with Gasteiger partial charge in [0.25, 0.3) is 0 Å². The number of rotatable bonds is 7. The molecule has 0 radical (unpaired) electrons. The average Bonchev–Trinajstić information content (AvgIpc) is 3.23. The van der Waals surface area contributed by atoms with Crippen molar-refractivity contribution in [3.63, 3.8) is 0 Å². The van der Waals surface area contributed by atoms with E-state index in [0.29, 0.717) is 11.0 Å². The van der Waals surface area contributed by atoms with E-state index in [1.54, 1.807) is 30.0 Å². The minimum Gasteiger partial charge on any atom is -0.395 e. The number of halogens is 3. The van der Waals surface area contributed by atoms with Crippen LogP contribution < -0.4 is 5.32 Å². The topological polar surface area (TPSA) is 32.3 Å². The van der Waals surface area contributed by atoms with Crippen LogP contribution in [0.15, 0.2) is 30.3 Å². The maximum absolute atomic E-state index is 13.2. The van der Waals surface area contributed by atoms with Gasteiger partial charge in [0.2, 0.25) is 0 Å². The fraction of sp³-hybridized carbons (Fsp3) is 0.571. The van der Waals surface area contributed by atoms with E-state index in [4.69, 9.17) is 0 Å². The lowest BCUT2D eigenvalue weighted by Gasteiger charge is -2.26. The molecule has 0 unspecified atom stereocenters. The Hall–Kier alpha value is -0.720. The van der Waals surface area contributed by atoms with Crippen molar-refractivity contribution in [1.82, 2.24) is 5.32 Å². The minimum absolute atomic E-state index is 0.176. The molecule has 1 aromatic carbocycles. The summed E-state index contributed by atoms with van der Waals surface area (Å²) in [5.74, 6) is 0.501. The van der Waals surface area contributed by atoms with Gasteiger partial charge in [0.15, 0.2) is 0 Å². The molecule has 6 heteroatoms. The maximum atomic E-state index is 13.2. The zero-order valence-electron chi connectivity index (χ0n) is 10.9. The summed E-state index contributed by atoms with van der Waals surface area (Å²) in [6, 6.07) is 5.48. The Bertz CT molecular complexity index is 409. The van der Waals surface area contributed by atoms with Crippen LogP contribution in [0.2, 0.25) is 0 Å². The number of thioether (sulfide) groups is 1. The fourth-order valence-electron chi connectivity index (χ4n) is 1.90. The summed E-state index contributed by atoms with van der Waals surface area (Å²) in [5.41, 5.74) is 0.176. The number of aliphatic hydroxyl groups excluding tert-OH is 1. The lowest BCUT2D eigenvalue weighted by atomic mass is 10.1. The number of aliphatic hydroxyl groups is 1. The standard InChI is InChI=1S/C14H18F3NOS/c15-14(16,17)13(10-4-2-1-3-5-10)18-11(8-19)9-20-12-6-7-12/h1-5,11-13,18-19H,6-9H2/t11-,13-/m1/s1. The van der Waals surface area contributed by atoms with E-state index >= 15 is 0 Å². The van der Waals surface area contributed by atoms with Gasteiger partial charge in [-0.15, -0.1) is 0 Å². The molecule has 1 aliphatic rings. The molecule has 2 rings (SSSR count). The third kappa shape index (κ3) is 4.68. The molecule has 0 spiro atoms. The van der Waals surface area contributed by atoms with Gasteiger partial charge in [0.05, 0.1) is 6.61 Å². The second-order valence-electron chi connectivity index (χ2n) is 4.96. The zero-order chi connectivity index (χ0) is 14.6. The molecule has 0 aromatic heterocycles. The van der Waals surface area contributed by atoms with Crippen LogP contribution in [0, 0.1) is 0 Å². The molecule has 0 aliphatic heterocycles. The Morgan fingerprint density at radius 3 is 2.40 bits per heavy atom. The quantitative estimate of drug-likeness (QED) is 0.812. The van der Waals surface area contributed by atoms with Crippen molar-refractivity contribution in [2.75, 3.05) is 12.4 Å². The number of alkyl halides is 3. The Balaban J connectivity index is 2.02. The molecule has 2 atom stereocenters. The Kier molecular flexibility index (Phi) is 5.35. The summed E-state index contributed by atoms with van der Waals surface area (Å²) in [5, 5.41) is 12.4. The summed E-state index contributed by atoms with van der Waals surface area (Å²) >= 11 is 1.63. The van der Waals surface area contributed by atoms with Gasteiger partial charge < -0.3 is 5.11 Å². The Morgan fingerprint density at radius 2 is 1.90 bits per heavy atom. The van der Waals surface area contributed by atoms with Crippen molar-refractivity contribution in [3.05, 3.63) is 35.9 Å². The van der Waals surface area contributed by atoms with Gasteiger partial charge in [0.1, 0.15) is 6.04 Å². The van der Waals surface area contributed by atoms with E-state index in [2.05, 4.69) is 5.32 Å². The molecule has 112 valence electrons. The van der Waals surface area contributed by atoms with Crippen molar-refractivity contribution < 1.29 is 18.3 Å².